The van der Waals surface area contributed by atoms with E-state index in [1.54, 1.807) is 24.4 Å². The molecule has 0 aliphatic carbocycles. The van der Waals surface area contributed by atoms with Crippen LogP contribution >= 0.6 is 0 Å². The molecular formula is C16H20FN3O. The number of aromatic nitrogens is 2. The van der Waals surface area contributed by atoms with Crippen molar-refractivity contribution in [3.05, 3.63) is 53.1 Å². The second-order valence-corrected chi connectivity index (χ2v) is 5.18. The predicted octanol–water partition coefficient (Wildman–Crippen LogP) is 3.00. The number of hydrogen-bond donors (Lipinski definition) is 1. The molecule has 0 spiro atoms. The minimum atomic E-state index is -0.285. The van der Waals surface area contributed by atoms with Gasteiger partial charge < -0.3 is 10.1 Å². The van der Waals surface area contributed by atoms with Gasteiger partial charge in [-0.15, -0.1) is 0 Å². The number of halogens is 1. The van der Waals surface area contributed by atoms with Gasteiger partial charge in [0, 0.05) is 35.6 Å². The van der Waals surface area contributed by atoms with E-state index in [9.17, 15) is 4.39 Å². The van der Waals surface area contributed by atoms with E-state index in [0.717, 1.165) is 17.8 Å². The molecule has 1 aromatic heterocycles. The normalized spacial score (nSPS) is 10.9. The average Bonchev–Trinajstić information content (AvgIpc) is 2.45. The number of benzene rings is 1. The molecule has 0 aliphatic heterocycles. The Balaban J connectivity index is 1.99. The molecule has 0 bridgehead atoms. The van der Waals surface area contributed by atoms with Crippen LogP contribution in [-0.4, -0.2) is 16.0 Å². The van der Waals surface area contributed by atoms with Crippen molar-refractivity contribution < 1.29 is 9.13 Å². The molecule has 1 heterocycles. The number of ether oxygens (including phenoxy) is 1. The van der Waals surface area contributed by atoms with Crippen LogP contribution < -0.4 is 10.1 Å². The SMILES string of the molecule is Cc1nc(OCc2ccccc2F)ncc1CNC(C)C. The van der Waals surface area contributed by atoms with Crippen LogP contribution in [0.1, 0.15) is 30.7 Å². The lowest BCUT2D eigenvalue weighted by molar-refractivity contribution is 0.274. The lowest BCUT2D eigenvalue weighted by atomic mass is 10.2. The second kappa shape index (κ2) is 7.13. The number of nitrogens with one attached hydrogen (secondary N) is 1. The summed E-state index contributed by atoms with van der Waals surface area (Å²) >= 11 is 0. The molecule has 0 radical (unpaired) electrons. The van der Waals surface area contributed by atoms with Crippen LogP contribution in [0.3, 0.4) is 0 Å². The van der Waals surface area contributed by atoms with Gasteiger partial charge in [0.2, 0.25) is 0 Å². The lowest BCUT2D eigenvalue weighted by Gasteiger charge is -2.11. The zero-order valence-electron chi connectivity index (χ0n) is 12.6. The number of aryl methyl sites for hydroxylation is 1. The first-order chi connectivity index (χ1) is 10.1. The van der Waals surface area contributed by atoms with Crippen molar-refractivity contribution in [2.45, 2.75) is 40.0 Å². The number of nitrogens with zero attached hydrogens (tertiary/aromatic N) is 2. The second-order valence-electron chi connectivity index (χ2n) is 5.18. The molecule has 2 rings (SSSR count). The minimum absolute atomic E-state index is 0.121. The van der Waals surface area contributed by atoms with Gasteiger partial charge in [0.1, 0.15) is 12.4 Å². The Labute approximate surface area is 124 Å². The maximum Gasteiger partial charge on any atom is 0.316 e. The minimum Gasteiger partial charge on any atom is -0.458 e. The summed E-state index contributed by atoms with van der Waals surface area (Å²) in [5.41, 5.74) is 2.38. The molecular weight excluding hydrogens is 269 g/mol. The monoisotopic (exact) mass is 289 g/mol. The summed E-state index contributed by atoms with van der Waals surface area (Å²) in [4.78, 5) is 8.47. The van der Waals surface area contributed by atoms with Gasteiger partial charge in [-0.1, -0.05) is 32.0 Å². The standard InChI is InChI=1S/C16H20FN3O/c1-11(2)18-8-14-9-19-16(20-12(14)3)21-10-13-6-4-5-7-15(13)17/h4-7,9,11,18H,8,10H2,1-3H3. The highest BCUT2D eigenvalue weighted by Gasteiger charge is 2.07. The van der Waals surface area contributed by atoms with Crippen molar-refractivity contribution in [3.63, 3.8) is 0 Å². The Hall–Kier alpha value is -2.01. The predicted molar refractivity (Wildman–Crippen MR) is 79.5 cm³/mol. The van der Waals surface area contributed by atoms with Crippen molar-refractivity contribution >= 4 is 0 Å². The maximum atomic E-state index is 13.5. The molecule has 0 saturated carbocycles. The van der Waals surface area contributed by atoms with Crippen LogP contribution in [0.25, 0.3) is 0 Å². The first kappa shape index (κ1) is 15.4. The first-order valence-electron chi connectivity index (χ1n) is 6.98. The van der Waals surface area contributed by atoms with E-state index in [1.165, 1.54) is 6.07 Å². The largest absolute Gasteiger partial charge is 0.458 e. The summed E-state index contributed by atoms with van der Waals surface area (Å²) in [5, 5.41) is 3.32. The third-order valence-corrected chi connectivity index (χ3v) is 3.07. The average molecular weight is 289 g/mol. The van der Waals surface area contributed by atoms with Gasteiger partial charge in [-0.25, -0.2) is 14.4 Å². The van der Waals surface area contributed by atoms with E-state index < -0.39 is 0 Å². The van der Waals surface area contributed by atoms with Gasteiger partial charge in [0.05, 0.1) is 0 Å². The molecule has 5 heteroatoms. The zero-order valence-corrected chi connectivity index (χ0v) is 12.6. The van der Waals surface area contributed by atoms with Gasteiger partial charge in [0.25, 0.3) is 0 Å². The Kier molecular flexibility index (Phi) is 5.22. The molecule has 1 N–H and O–H groups in total. The van der Waals surface area contributed by atoms with Crippen molar-refractivity contribution in [1.29, 1.82) is 0 Å². The van der Waals surface area contributed by atoms with Gasteiger partial charge in [0.15, 0.2) is 0 Å². The smallest absolute Gasteiger partial charge is 0.316 e. The van der Waals surface area contributed by atoms with E-state index in [-0.39, 0.29) is 18.4 Å². The fraction of sp³-hybridized carbons (Fsp3) is 0.375. The van der Waals surface area contributed by atoms with Crippen molar-refractivity contribution in [2.75, 3.05) is 0 Å². The molecule has 0 amide bonds. The molecule has 21 heavy (non-hydrogen) atoms. The molecule has 112 valence electrons. The van der Waals surface area contributed by atoms with Crippen LogP contribution in [0.2, 0.25) is 0 Å². The van der Waals surface area contributed by atoms with Crippen molar-refractivity contribution in [2.24, 2.45) is 0 Å². The van der Waals surface area contributed by atoms with Crippen molar-refractivity contribution in [1.82, 2.24) is 15.3 Å². The Morgan fingerprint density at radius 3 is 2.67 bits per heavy atom. The van der Waals surface area contributed by atoms with Crippen LogP contribution in [-0.2, 0) is 13.2 Å². The molecule has 4 nitrogen and oxygen atoms in total. The topological polar surface area (TPSA) is 47.0 Å². The number of rotatable bonds is 6. The molecule has 0 atom stereocenters. The van der Waals surface area contributed by atoms with Gasteiger partial charge >= 0.3 is 6.01 Å². The van der Waals surface area contributed by atoms with Gasteiger partial charge in [-0.05, 0) is 13.0 Å². The molecule has 0 unspecified atom stereocenters. The third kappa shape index (κ3) is 4.49. The zero-order chi connectivity index (χ0) is 15.2. The third-order valence-electron chi connectivity index (χ3n) is 3.07. The van der Waals surface area contributed by atoms with Gasteiger partial charge in [-0.3, -0.25) is 0 Å². The van der Waals surface area contributed by atoms with E-state index in [4.69, 9.17) is 4.74 Å². The van der Waals surface area contributed by atoms with Crippen molar-refractivity contribution in [3.8, 4) is 6.01 Å². The molecule has 0 fully saturated rings. The van der Waals surface area contributed by atoms with E-state index in [1.807, 2.05) is 6.92 Å². The number of hydrogen-bond acceptors (Lipinski definition) is 4. The molecule has 0 saturated heterocycles. The summed E-state index contributed by atoms with van der Waals surface area (Å²) in [6.07, 6.45) is 1.74. The Morgan fingerprint density at radius 2 is 2.00 bits per heavy atom. The van der Waals surface area contributed by atoms with E-state index in [0.29, 0.717) is 11.6 Å². The summed E-state index contributed by atoms with van der Waals surface area (Å²) in [6.45, 7) is 6.92. The van der Waals surface area contributed by atoms with Crippen LogP contribution in [0.4, 0.5) is 4.39 Å². The van der Waals surface area contributed by atoms with Gasteiger partial charge in [-0.2, -0.15) is 0 Å². The first-order valence-corrected chi connectivity index (χ1v) is 6.98. The highest BCUT2D eigenvalue weighted by Crippen LogP contribution is 2.12. The van der Waals surface area contributed by atoms with Crippen LogP contribution in [0.15, 0.2) is 30.5 Å². The molecule has 1 aromatic carbocycles. The fourth-order valence-corrected chi connectivity index (χ4v) is 1.79. The molecule has 0 aliphatic rings. The molecule has 2 aromatic rings. The van der Waals surface area contributed by atoms with E-state index in [2.05, 4.69) is 29.1 Å². The van der Waals surface area contributed by atoms with Crippen LogP contribution in [0.5, 0.6) is 6.01 Å². The quantitative estimate of drug-likeness (QED) is 0.888. The summed E-state index contributed by atoms with van der Waals surface area (Å²) in [5.74, 6) is -0.285. The summed E-state index contributed by atoms with van der Waals surface area (Å²) in [6, 6.07) is 7.18. The maximum absolute atomic E-state index is 13.5. The van der Waals surface area contributed by atoms with E-state index >= 15 is 0 Å². The summed E-state index contributed by atoms with van der Waals surface area (Å²) < 4.78 is 18.9. The highest BCUT2D eigenvalue weighted by atomic mass is 19.1. The Bertz CT molecular complexity index is 602. The fourth-order valence-electron chi connectivity index (χ4n) is 1.79. The lowest BCUT2D eigenvalue weighted by Crippen LogP contribution is -2.22. The van der Waals surface area contributed by atoms with Crippen LogP contribution in [0, 0.1) is 12.7 Å². The summed E-state index contributed by atoms with van der Waals surface area (Å²) in [7, 11) is 0. The highest BCUT2D eigenvalue weighted by molar-refractivity contribution is 5.19. The Morgan fingerprint density at radius 1 is 1.24 bits per heavy atom.